The predicted molar refractivity (Wildman–Crippen MR) is 89.4 cm³/mol. The largest absolute Gasteiger partial charge is 0.382 e. The second kappa shape index (κ2) is 6.59. The van der Waals surface area contributed by atoms with Gasteiger partial charge in [0.1, 0.15) is 5.41 Å². The molecular formula is C13H18ClN3S2. The van der Waals surface area contributed by atoms with Gasteiger partial charge in [0.15, 0.2) is 0 Å². The summed E-state index contributed by atoms with van der Waals surface area (Å²) in [6.45, 7) is 0. The van der Waals surface area contributed by atoms with Crippen LogP contribution in [-0.2, 0) is 11.8 Å². The number of nitrogens with one attached hydrogen (secondary N) is 2. The molecular weight excluding hydrogens is 298 g/mol. The molecule has 0 saturated carbocycles. The minimum Gasteiger partial charge on any atom is -0.382 e. The van der Waals surface area contributed by atoms with E-state index >= 15 is 0 Å². The van der Waals surface area contributed by atoms with E-state index in [0.29, 0.717) is 0 Å². The van der Waals surface area contributed by atoms with Gasteiger partial charge in [-0.25, -0.2) is 0 Å². The summed E-state index contributed by atoms with van der Waals surface area (Å²) in [5, 5.41) is 6.19. The third-order valence-corrected chi connectivity index (χ3v) is 4.63. The van der Waals surface area contributed by atoms with Gasteiger partial charge in [-0.05, 0) is 30.9 Å². The average Bonchev–Trinajstić information content (AvgIpc) is 2.44. The minimum absolute atomic E-state index is 0. The zero-order chi connectivity index (χ0) is 13.2. The van der Waals surface area contributed by atoms with Crippen molar-refractivity contribution in [3.8, 4) is 0 Å². The van der Waals surface area contributed by atoms with Gasteiger partial charge in [-0.1, -0.05) is 30.5 Å². The summed E-state index contributed by atoms with van der Waals surface area (Å²) in [7, 11) is 3.69. The normalized spacial score (nSPS) is 15.7. The van der Waals surface area contributed by atoms with Crippen LogP contribution in [0.15, 0.2) is 18.3 Å². The van der Waals surface area contributed by atoms with E-state index in [0.717, 1.165) is 34.9 Å². The molecule has 1 aromatic heterocycles. The Morgan fingerprint density at radius 1 is 1.26 bits per heavy atom. The second-order valence-electron chi connectivity index (χ2n) is 4.43. The third kappa shape index (κ3) is 2.59. The van der Waals surface area contributed by atoms with Crippen molar-refractivity contribution >= 4 is 46.8 Å². The molecule has 0 saturated heterocycles. The van der Waals surface area contributed by atoms with Crippen LogP contribution in [0, 0.1) is 0 Å². The fourth-order valence-electron chi connectivity index (χ4n) is 2.66. The number of hydrogen-bond acceptors (Lipinski definition) is 3. The molecule has 0 fully saturated rings. The maximum Gasteiger partial charge on any atom is 0.113 e. The first-order chi connectivity index (χ1) is 8.66. The molecule has 2 N–H and O–H groups in total. The lowest BCUT2D eigenvalue weighted by Crippen LogP contribution is -2.53. The van der Waals surface area contributed by atoms with E-state index in [9.17, 15) is 0 Å². The first-order valence-electron chi connectivity index (χ1n) is 6.05. The molecule has 1 aliphatic rings. The van der Waals surface area contributed by atoms with E-state index in [1.165, 1.54) is 5.56 Å². The molecule has 19 heavy (non-hydrogen) atoms. The first-order valence-corrected chi connectivity index (χ1v) is 6.87. The Labute approximate surface area is 131 Å². The number of rotatable bonds is 2. The Bertz CT molecular complexity index is 475. The molecule has 104 valence electrons. The Kier molecular flexibility index (Phi) is 5.64. The summed E-state index contributed by atoms with van der Waals surface area (Å²) in [6.07, 6.45) is 4.84. The van der Waals surface area contributed by atoms with Crippen LogP contribution in [0.4, 0.5) is 0 Å². The second-order valence-corrected chi connectivity index (χ2v) is 5.24. The van der Waals surface area contributed by atoms with Gasteiger partial charge in [-0.2, -0.15) is 0 Å². The summed E-state index contributed by atoms with van der Waals surface area (Å²) < 4.78 is 0. The molecule has 0 bridgehead atoms. The van der Waals surface area contributed by atoms with Gasteiger partial charge in [0, 0.05) is 20.3 Å². The van der Waals surface area contributed by atoms with Crippen LogP contribution < -0.4 is 10.6 Å². The molecule has 0 amide bonds. The van der Waals surface area contributed by atoms with E-state index in [-0.39, 0.29) is 12.4 Å². The van der Waals surface area contributed by atoms with Gasteiger partial charge in [0.05, 0.1) is 15.7 Å². The van der Waals surface area contributed by atoms with E-state index in [1.807, 2.05) is 26.4 Å². The van der Waals surface area contributed by atoms with Crippen molar-refractivity contribution in [2.75, 3.05) is 14.1 Å². The van der Waals surface area contributed by atoms with Crippen molar-refractivity contribution < 1.29 is 0 Å². The van der Waals surface area contributed by atoms with Crippen molar-refractivity contribution in [1.82, 2.24) is 15.6 Å². The van der Waals surface area contributed by atoms with Crippen molar-refractivity contribution in [2.45, 2.75) is 24.7 Å². The lowest BCUT2D eigenvalue weighted by atomic mass is 9.72. The Morgan fingerprint density at radius 2 is 1.89 bits per heavy atom. The zero-order valence-electron chi connectivity index (χ0n) is 11.0. The summed E-state index contributed by atoms with van der Waals surface area (Å²) >= 11 is 11.1. The van der Waals surface area contributed by atoms with Gasteiger partial charge in [-0.3, -0.25) is 4.98 Å². The van der Waals surface area contributed by atoms with Crippen LogP contribution in [0.2, 0.25) is 0 Å². The number of pyridine rings is 1. The van der Waals surface area contributed by atoms with Crippen LogP contribution in [-0.4, -0.2) is 29.1 Å². The fraction of sp³-hybridized carbons (Fsp3) is 0.462. The number of aryl methyl sites for hydroxylation is 1. The molecule has 1 aliphatic carbocycles. The maximum atomic E-state index is 5.53. The molecule has 0 radical (unpaired) electrons. The standard InChI is InChI=1S/C13H17N3S2.ClH/c1-14-11(17)13(12(18)15-2)7-3-5-9-6-4-8-16-10(9)13;/h4,6,8H,3,5,7H2,1-2H3,(H,14,17)(H,15,18);1H. The lowest BCUT2D eigenvalue weighted by molar-refractivity contribution is 0.557. The highest BCUT2D eigenvalue weighted by Crippen LogP contribution is 2.37. The van der Waals surface area contributed by atoms with Gasteiger partial charge in [0.2, 0.25) is 0 Å². The van der Waals surface area contributed by atoms with Gasteiger partial charge < -0.3 is 10.6 Å². The number of nitrogens with zero attached hydrogens (tertiary/aromatic N) is 1. The first kappa shape index (κ1) is 16.3. The maximum absolute atomic E-state index is 5.53. The van der Waals surface area contributed by atoms with Crippen LogP contribution >= 0.6 is 36.8 Å². The highest BCUT2D eigenvalue weighted by atomic mass is 35.5. The molecule has 1 aromatic rings. The number of hydrogen-bond donors (Lipinski definition) is 2. The average molecular weight is 316 g/mol. The van der Waals surface area contributed by atoms with Crippen LogP contribution in [0.5, 0.6) is 0 Å². The van der Waals surface area contributed by atoms with Crippen molar-refractivity contribution in [3.05, 3.63) is 29.6 Å². The van der Waals surface area contributed by atoms with Gasteiger partial charge >= 0.3 is 0 Å². The van der Waals surface area contributed by atoms with E-state index in [1.54, 1.807) is 0 Å². The molecule has 0 aromatic carbocycles. The SMILES string of the molecule is CNC(=S)C1(C(=S)NC)CCCc2cccnc21.Cl. The van der Waals surface area contributed by atoms with Crippen LogP contribution in [0.1, 0.15) is 24.1 Å². The molecule has 0 atom stereocenters. The minimum atomic E-state index is -0.441. The third-order valence-electron chi connectivity index (χ3n) is 3.52. The Morgan fingerprint density at radius 3 is 2.47 bits per heavy atom. The highest BCUT2D eigenvalue weighted by Gasteiger charge is 2.45. The molecule has 6 heteroatoms. The highest BCUT2D eigenvalue weighted by molar-refractivity contribution is 7.82. The van der Waals surface area contributed by atoms with E-state index in [2.05, 4.69) is 21.7 Å². The van der Waals surface area contributed by atoms with Gasteiger partial charge in [0.25, 0.3) is 0 Å². The number of likely N-dealkylation sites (N-methyl/N-ethyl adjacent to an activating group) is 2. The summed E-state index contributed by atoms with van der Waals surface area (Å²) in [6, 6.07) is 4.09. The van der Waals surface area contributed by atoms with Crippen molar-refractivity contribution in [3.63, 3.8) is 0 Å². The smallest absolute Gasteiger partial charge is 0.113 e. The topological polar surface area (TPSA) is 37.0 Å². The number of aromatic nitrogens is 1. The number of halogens is 1. The number of fused-ring (bicyclic) bond motifs is 1. The fourth-order valence-corrected chi connectivity index (χ4v) is 3.33. The quantitative estimate of drug-likeness (QED) is 0.818. The van der Waals surface area contributed by atoms with Crippen LogP contribution in [0.3, 0.4) is 0 Å². The Hall–Kier alpha value is -0.780. The van der Waals surface area contributed by atoms with Crippen molar-refractivity contribution in [1.29, 1.82) is 0 Å². The van der Waals surface area contributed by atoms with E-state index < -0.39 is 5.41 Å². The lowest BCUT2D eigenvalue weighted by Gasteiger charge is -2.38. The monoisotopic (exact) mass is 315 g/mol. The molecule has 2 rings (SSSR count). The molecule has 3 nitrogen and oxygen atoms in total. The van der Waals surface area contributed by atoms with Crippen LogP contribution in [0.25, 0.3) is 0 Å². The number of thiocarbonyl (C=S) groups is 2. The molecule has 1 heterocycles. The predicted octanol–water partition coefficient (Wildman–Crippen LogP) is 2.17. The molecule has 0 aliphatic heterocycles. The van der Waals surface area contributed by atoms with Gasteiger partial charge in [-0.15, -0.1) is 12.4 Å². The Balaban J connectivity index is 0.00000180. The molecule has 0 unspecified atom stereocenters. The zero-order valence-corrected chi connectivity index (χ0v) is 13.5. The summed E-state index contributed by atoms with van der Waals surface area (Å²) in [5.74, 6) is 0. The summed E-state index contributed by atoms with van der Waals surface area (Å²) in [5.41, 5.74) is 1.82. The summed E-state index contributed by atoms with van der Waals surface area (Å²) in [4.78, 5) is 6.06. The molecule has 0 spiro atoms. The van der Waals surface area contributed by atoms with Crippen molar-refractivity contribution in [2.24, 2.45) is 0 Å². The van der Waals surface area contributed by atoms with E-state index in [4.69, 9.17) is 24.4 Å².